The summed E-state index contributed by atoms with van der Waals surface area (Å²) in [6, 6.07) is 9.83. The molecule has 0 spiro atoms. The van der Waals surface area contributed by atoms with Crippen LogP contribution in [0, 0.1) is 11.6 Å². The van der Waals surface area contributed by atoms with E-state index in [1.54, 1.807) is 24.3 Å². The third-order valence-electron chi connectivity index (χ3n) is 2.80. The lowest BCUT2D eigenvalue weighted by Crippen LogP contribution is -2.24. The molecular weight excluding hydrogens is 264 g/mol. The number of aliphatic hydroxyl groups is 1. The minimum absolute atomic E-state index is 0.0889. The number of halogens is 2. The number of rotatable bonds is 4. The van der Waals surface area contributed by atoms with E-state index >= 15 is 0 Å². The molecule has 0 radical (unpaired) electrons. The van der Waals surface area contributed by atoms with Crippen LogP contribution >= 0.6 is 0 Å². The Morgan fingerprint density at radius 3 is 2.55 bits per heavy atom. The molecule has 0 aliphatic rings. The fourth-order valence-corrected chi connectivity index (χ4v) is 1.79. The number of aliphatic hydroxyl groups excluding tert-OH is 1. The number of nitrogens with one attached hydrogen (secondary N) is 1. The van der Waals surface area contributed by atoms with Gasteiger partial charge in [-0.2, -0.15) is 0 Å². The largest absolute Gasteiger partial charge is 0.392 e. The summed E-state index contributed by atoms with van der Waals surface area (Å²) in [5, 5.41) is 11.6. The molecule has 0 heterocycles. The first-order valence-electron chi connectivity index (χ1n) is 6.02. The fourth-order valence-electron chi connectivity index (χ4n) is 1.79. The van der Waals surface area contributed by atoms with Gasteiger partial charge in [-0.1, -0.05) is 24.3 Å². The molecular formula is C15H13F2NO2. The summed E-state index contributed by atoms with van der Waals surface area (Å²) in [5.74, 6) is -2.24. The first-order chi connectivity index (χ1) is 9.60. The van der Waals surface area contributed by atoms with Crippen LogP contribution in [0.2, 0.25) is 0 Å². The molecule has 0 saturated heterocycles. The lowest BCUT2D eigenvalue weighted by atomic mass is 10.1. The molecule has 0 aliphatic carbocycles. The maximum absolute atomic E-state index is 13.4. The van der Waals surface area contributed by atoms with Crippen LogP contribution in [0.3, 0.4) is 0 Å². The van der Waals surface area contributed by atoms with Gasteiger partial charge >= 0.3 is 0 Å². The smallest absolute Gasteiger partial charge is 0.254 e. The van der Waals surface area contributed by atoms with Gasteiger partial charge in [0.15, 0.2) is 0 Å². The van der Waals surface area contributed by atoms with E-state index in [2.05, 4.69) is 5.32 Å². The molecule has 104 valence electrons. The van der Waals surface area contributed by atoms with Crippen LogP contribution in [0.5, 0.6) is 0 Å². The molecule has 0 aliphatic heterocycles. The van der Waals surface area contributed by atoms with E-state index in [9.17, 15) is 13.6 Å². The molecule has 20 heavy (non-hydrogen) atoms. The van der Waals surface area contributed by atoms with E-state index in [0.717, 1.165) is 23.3 Å². The molecule has 0 atom stereocenters. The molecule has 3 nitrogen and oxygen atoms in total. The van der Waals surface area contributed by atoms with Gasteiger partial charge in [-0.3, -0.25) is 4.79 Å². The third-order valence-corrected chi connectivity index (χ3v) is 2.80. The Morgan fingerprint density at radius 1 is 1.10 bits per heavy atom. The van der Waals surface area contributed by atoms with E-state index in [1.807, 2.05) is 0 Å². The van der Waals surface area contributed by atoms with Crippen molar-refractivity contribution in [2.75, 3.05) is 0 Å². The van der Waals surface area contributed by atoms with Crippen LogP contribution in [-0.2, 0) is 13.2 Å². The van der Waals surface area contributed by atoms with Gasteiger partial charge < -0.3 is 10.4 Å². The van der Waals surface area contributed by atoms with Crippen molar-refractivity contribution in [3.8, 4) is 0 Å². The van der Waals surface area contributed by atoms with Crippen LogP contribution in [0.4, 0.5) is 8.78 Å². The van der Waals surface area contributed by atoms with Crippen LogP contribution < -0.4 is 5.32 Å². The Bertz CT molecular complexity index is 629. The van der Waals surface area contributed by atoms with Gasteiger partial charge in [0.25, 0.3) is 5.91 Å². The van der Waals surface area contributed by atoms with E-state index in [-0.39, 0.29) is 18.7 Å². The first-order valence-corrected chi connectivity index (χ1v) is 6.02. The van der Waals surface area contributed by atoms with Gasteiger partial charge in [0, 0.05) is 12.6 Å². The average Bonchev–Trinajstić information content (AvgIpc) is 2.45. The predicted molar refractivity (Wildman–Crippen MR) is 69.9 cm³/mol. The predicted octanol–water partition coefficient (Wildman–Crippen LogP) is 2.39. The zero-order valence-corrected chi connectivity index (χ0v) is 10.6. The third kappa shape index (κ3) is 3.39. The van der Waals surface area contributed by atoms with Crippen molar-refractivity contribution in [1.82, 2.24) is 5.32 Å². The molecule has 2 aromatic rings. The van der Waals surface area contributed by atoms with Crippen LogP contribution in [0.15, 0.2) is 42.5 Å². The second-order valence-corrected chi connectivity index (χ2v) is 4.28. The highest BCUT2D eigenvalue weighted by Crippen LogP contribution is 2.10. The lowest BCUT2D eigenvalue weighted by Gasteiger charge is -2.07. The molecule has 0 bridgehead atoms. The van der Waals surface area contributed by atoms with Crippen molar-refractivity contribution in [3.63, 3.8) is 0 Å². The summed E-state index contributed by atoms with van der Waals surface area (Å²) in [7, 11) is 0. The molecule has 0 aromatic heterocycles. The Morgan fingerprint density at radius 2 is 1.85 bits per heavy atom. The van der Waals surface area contributed by atoms with Gasteiger partial charge in [0.1, 0.15) is 11.6 Å². The van der Waals surface area contributed by atoms with Gasteiger partial charge in [-0.15, -0.1) is 0 Å². The number of amides is 1. The van der Waals surface area contributed by atoms with E-state index in [4.69, 9.17) is 5.11 Å². The zero-order chi connectivity index (χ0) is 14.5. The maximum Gasteiger partial charge on any atom is 0.254 e. The van der Waals surface area contributed by atoms with E-state index in [0.29, 0.717) is 6.07 Å². The van der Waals surface area contributed by atoms with Crippen molar-refractivity contribution < 1.29 is 18.7 Å². The Kier molecular flexibility index (Phi) is 4.42. The Balaban J connectivity index is 2.04. The summed E-state index contributed by atoms with van der Waals surface area (Å²) in [4.78, 5) is 11.8. The number of carbonyl (C=O) groups excluding carboxylic acids is 1. The second-order valence-electron chi connectivity index (χ2n) is 4.28. The monoisotopic (exact) mass is 277 g/mol. The molecule has 0 fully saturated rings. The van der Waals surface area contributed by atoms with Crippen molar-refractivity contribution >= 4 is 5.91 Å². The Hall–Kier alpha value is -2.27. The first kappa shape index (κ1) is 14.1. The summed E-state index contributed by atoms with van der Waals surface area (Å²) in [5.41, 5.74) is 1.31. The van der Waals surface area contributed by atoms with Crippen molar-refractivity contribution in [1.29, 1.82) is 0 Å². The molecule has 1 amide bonds. The fraction of sp³-hybridized carbons (Fsp3) is 0.133. The second kappa shape index (κ2) is 6.25. The highest BCUT2D eigenvalue weighted by atomic mass is 19.1. The summed E-state index contributed by atoms with van der Waals surface area (Å²) < 4.78 is 26.2. The molecule has 5 heteroatoms. The number of hydrogen-bond donors (Lipinski definition) is 2. The SMILES string of the molecule is O=C(NCc1cccc(CO)c1)c1ccc(F)cc1F. The van der Waals surface area contributed by atoms with Crippen molar-refractivity contribution in [3.05, 3.63) is 70.8 Å². The van der Waals surface area contributed by atoms with Gasteiger partial charge in [0.05, 0.1) is 12.2 Å². The van der Waals surface area contributed by atoms with Crippen molar-refractivity contribution in [2.24, 2.45) is 0 Å². The maximum atomic E-state index is 13.4. The van der Waals surface area contributed by atoms with Gasteiger partial charge in [-0.05, 0) is 23.3 Å². The molecule has 2 aromatic carbocycles. The number of carbonyl (C=O) groups is 1. The molecule has 2 rings (SSSR count). The van der Waals surface area contributed by atoms with Gasteiger partial charge in [-0.25, -0.2) is 8.78 Å². The highest BCUT2D eigenvalue weighted by molar-refractivity contribution is 5.94. The Labute approximate surface area is 114 Å². The summed E-state index contributed by atoms with van der Waals surface area (Å²) in [6.45, 7) is 0.109. The van der Waals surface area contributed by atoms with Gasteiger partial charge in [0.2, 0.25) is 0 Å². The van der Waals surface area contributed by atoms with Crippen molar-refractivity contribution in [2.45, 2.75) is 13.2 Å². The average molecular weight is 277 g/mol. The standard InChI is InChI=1S/C15H13F2NO2/c16-12-4-5-13(14(17)7-12)15(20)18-8-10-2-1-3-11(6-10)9-19/h1-7,19H,8-9H2,(H,18,20). The molecule has 0 saturated carbocycles. The number of benzene rings is 2. The normalized spacial score (nSPS) is 10.3. The minimum atomic E-state index is -0.897. The highest BCUT2D eigenvalue weighted by Gasteiger charge is 2.12. The lowest BCUT2D eigenvalue weighted by molar-refractivity contribution is 0.0947. The quantitative estimate of drug-likeness (QED) is 0.901. The van der Waals surface area contributed by atoms with E-state index in [1.165, 1.54) is 0 Å². The van der Waals surface area contributed by atoms with Crippen LogP contribution in [0.25, 0.3) is 0 Å². The molecule has 0 unspecified atom stereocenters. The topological polar surface area (TPSA) is 49.3 Å². The van der Waals surface area contributed by atoms with Crippen LogP contribution in [0.1, 0.15) is 21.5 Å². The summed E-state index contributed by atoms with van der Waals surface area (Å²) in [6.07, 6.45) is 0. The van der Waals surface area contributed by atoms with E-state index < -0.39 is 17.5 Å². The summed E-state index contributed by atoms with van der Waals surface area (Å²) >= 11 is 0. The number of hydrogen-bond acceptors (Lipinski definition) is 2. The molecule has 2 N–H and O–H groups in total. The van der Waals surface area contributed by atoms with Crippen LogP contribution in [-0.4, -0.2) is 11.0 Å². The minimum Gasteiger partial charge on any atom is -0.392 e. The zero-order valence-electron chi connectivity index (χ0n) is 10.6.